The highest BCUT2D eigenvalue weighted by atomic mass is 32.2. The Morgan fingerprint density at radius 3 is 1.57 bits per heavy atom. The van der Waals surface area contributed by atoms with Crippen LogP contribution < -0.4 is 0 Å². The minimum atomic E-state index is -1.00. The molecule has 2 aromatic carbocycles. The molecule has 4 atom stereocenters. The second-order valence-corrected chi connectivity index (χ2v) is 8.76. The van der Waals surface area contributed by atoms with E-state index in [4.69, 9.17) is 14.1 Å². The first-order chi connectivity index (χ1) is 14.6. The van der Waals surface area contributed by atoms with Gasteiger partial charge in [0.05, 0.1) is 26.1 Å². The summed E-state index contributed by atoms with van der Waals surface area (Å²) in [5, 5.41) is 8.44. The quantitative estimate of drug-likeness (QED) is 0.593. The van der Waals surface area contributed by atoms with E-state index >= 15 is 0 Å². The van der Waals surface area contributed by atoms with E-state index in [1.54, 1.807) is 0 Å². The van der Waals surface area contributed by atoms with Gasteiger partial charge in [0.15, 0.2) is 0 Å². The summed E-state index contributed by atoms with van der Waals surface area (Å²) in [4.78, 5) is 26.4. The maximum atomic E-state index is 13.2. The average Bonchev–Trinajstić information content (AvgIpc) is 3.48. The van der Waals surface area contributed by atoms with Crippen LogP contribution in [-0.2, 0) is 28.6 Å². The van der Waals surface area contributed by atoms with Gasteiger partial charge in [0.1, 0.15) is 20.9 Å². The number of benzene rings is 2. The molecule has 3 aromatic rings. The SMILES string of the molecule is COC(=O)[C@H]1[C@H](C(=O)OC)C2(c3ccccc3)SC1(c1ccccc1)c1nonc12. The third-order valence-corrected chi connectivity index (χ3v) is 8.05. The first-order valence-electron chi connectivity index (χ1n) is 9.41. The third-order valence-electron chi connectivity index (χ3n) is 6.04. The van der Waals surface area contributed by atoms with E-state index in [1.165, 1.54) is 26.0 Å². The molecule has 1 saturated heterocycles. The molecule has 2 aliphatic heterocycles. The minimum Gasteiger partial charge on any atom is -0.469 e. The van der Waals surface area contributed by atoms with Gasteiger partial charge in [0.2, 0.25) is 0 Å². The van der Waals surface area contributed by atoms with Crippen LogP contribution in [0.3, 0.4) is 0 Å². The van der Waals surface area contributed by atoms with Crippen molar-refractivity contribution in [3.8, 4) is 0 Å². The van der Waals surface area contributed by atoms with Gasteiger partial charge in [0.25, 0.3) is 0 Å². The Balaban J connectivity index is 1.89. The summed E-state index contributed by atoms with van der Waals surface area (Å²) < 4.78 is 13.5. The maximum Gasteiger partial charge on any atom is 0.311 e. The fourth-order valence-corrected chi connectivity index (χ4v) is 7.09. The number of hydrogen-bond donors (Lipinski definition) is 0. The number of fused-ring (bicyclic) bond motifs is 5. The molecule has 2 aliphatic rings. The van der Waals surface area contributed by atoms with E-state index in [9.17, 15) is 9.59 Å². The summed E-state index contributed by atoms with van der Waals surface area (Å²) in [7, 11) is 2.65. The lowest BCUT2D eigenvalue weighted by Crippen LogP contribution is -2.48. The Morgan fingerprint density at radius 1 is 0.800 bits per heavy atom. The van der Waals surface area contributed by atoms with Crippen molar-refractivity contribution < 1.29 is 23.7 Å². The van der Waals surface area contributed by atoms with Crippen molar-refractivity contribution in [2.75, 3.05) is 14.2 Å². The van der Waals surface area contributed by atoms with Crippen LogP contribution >= 0.6 is 11.8 Å². The molecule has 1 aromatic heterocycles. The van der Waals surface area contributed by atoms with Crippen LogP contribution in [0.1, 0.15) is 22.5 Å². The molecule has 7 nitrogen and oxygen atoms in total. The zero-order valence-corrected chi connectivity index (χ0v) is 17.1. The molecule has 1 fully saturated rings. The van der Waals surface area contributed by atoms with Gasteiger partial charge in [-0.15, -0.1) is 11.8 Å². The number of esters is 2. The Bertz CT molecular complexity index is 1030. The molecule has 8 heteroatoms. The lowest BCUT2D eigenvalue weighted by Gasteiger charge is -2.36. The van der Waals surface area contributed by atoms with Gasteiger partial charge in [-0.05, 0) is 11.1 Å². The predicted octanol–water partition coefficient (Wildman–Crippen LogP) is 2.90. The summed E-state index contributed by atoms with van der Waals surface area (Å²) in [5.74, 6) is -2.76. The predicted molar refractivity (Wildman–Crippen MR) is 107 cm³/mol. The Labute approximate surface area is 176 Å². The van der Waals surface area contributed by atoms with Crippen molar-refractivity contribution in [1.29, 1.82) is 0 Å². The summed E-state index contributed by atoms with van der Waals surface area (Å²) in [6.45, 7) is 0. The highest BCUT2D eigenvalue weighted by molar-refractivity contribution is 8.02. The van der Waals surface area contributed by atoms with Crippen molar-refractivity contribution in [2.45, 2.75) is 9.49 Å². The fraction of sp³-hybridized carbons (Fsp3) is 0.273. The summed E-state index contributed by atoms with van der Waals surface area (Å²) in [5.41, 5.74) is 2.73. The van der Waals surface area contributed by atoms with Gasteiger partial charge in [-0.2, -0.15) is 0 Å². The number of hydrogen-bond acceptors (Lipinski definition) is 8. The topological polar surface area (TPSA) is 91.5 Å². The molecule has 3 heterocycles. The van der Waals surface area contributed by atoms with Gasteiger partial charge in [-0.25, -0.2) is 4.63 Å². The maximum absolute atomic E-state index is 13.2. The van der Waals surface area contributed by atoms with Gasteiger partial charge in [0, 0.05) is 0 Å². The zero-order valence-electron chi connectivity index (χ0n) is 16.3. The van der Waals surface area contributed by atoms with Crippen molar-refractivity contribution in [3.63, 3.8) is 0 Å². The molecular weight excluding hydrogens is 404 g/mol. The first-order valence-corrected chi connectivity index (χ1v) is 10.2. The van der Waals surface area contributed by atoms with E-state index in [2.05, 4.69) is 10.3 Å². The smallest absolute Gasteiger partial charge is 0.311 e. The number of carbonyl (C=O) groups is 2. The molecule has 5 rings (SSSR count). The molecule has 152 valence electrons. The number of methoxy groups -OCH3 is 2. The molecule has 0 spiro atoms. The summed E-state index contributed by atoms with van der Waals surface area (Å²) in [6, 6.07) is 19.0. The van der Waals surface area contributed by atoms with E-state index in [1.807, 2.05) is 60.7 Å². The number of carbonyl (C=O) groups excluding carboxylic acids is 2. The molecule has 0 radical (unpaired) electrons. The molecular formula is C22H18N2O5S. The number of ether oxygens (including phenoxy) is 2. The van der Waals surface area contributed by atoms with Crippen molar-refractivity contribution in [1.82, 2.24) is 10.3 Å². The average molecular weight is 422 g/mol. The molecule has 30 heavy (non-hydrogen) atoms. The fourth-order valence-electron chi connectivity index (χ4n) is 4.90. The van der Waals surface area contributed by atoms with Crippen LogP contribution in [-0.4, -0.2) is 36.5 Å². The molecule has 0 N–H and O–H groups in total. The number of nitrogens with zero attached hydrogens (tertiary/aromatic N) is 2. The molecule has 0 amide bonds. The summed E-state index contributed by atoms with van der Waals surface area (Å²) in [6.07, 6.45) is 0. The van der Waals surface area contributed by atoms with Crippen LogP contribution in [0.4, 0.5) is 0 Å². The minimum absolute atomic E-state index is 0.506. The normalized spacial score (nSPS) is 28.7. The Morgan fingerprint density at radius 2 is 1.20 bits per heavy atom. The lowest BCUT2D eigenvalue weighted by atomic mass is 9.63. The second kappa shape index (κ2) is 6.70. The largest absolute Gasteiger partial charge is 0.469 e. The number of aromatic nitrogens is 2. The molecule has 2 bridgehead atoms. The van der Waals surface area contributed by atoms with Crippen LogP contribution in [0.25, 0.3) is 0 Å². The van der Waals surface area contributed by atoms with Gasteiger partial charge in [-0.1, -0.05) is 71.0 Å². The van der Waals surface area contributed by atoms with Crippen LogP contribution in [0, 0.1) is 11.8 Å². The number of thioether (sulfide) groups is 1. The third kappa shape index (κ3) is 2.17. The van der Waals surface area contributed by atoms with Crippen molar-refractivity contribution >= 4 is 23.7 Å². The van der Waals surface area contributed by atoms with Gasteiger partial charge < -0.3 is 9.47 Å². The lowest BCUT2D eigenvalue weighted by molar-refractivity contribution is -0.159. The molecule has 0 saturated carbocycles. The highest BCUT2D eigenvalue weighted by Crippen LogP contribution is 2.76. The monoisotopic (exact) mass is 422 g/mol. The molecule has 0 aliphatic carbocycles. The van der Waals surface area contributed by atoms with E-state index in [0.29, 0.717) is 11.4 Å². The van der Waals surface area contributed by atoms with E-state index in [-0.39, 0.29) is 0 Å². The van der Waals surface area contributed by atoms with Gasteiger partial charge in [-0.3, -0.25) is 9.59 Å². The first kappa shape index (κ1) is 18.9. The standard InChI is InChI=1S/C22H18N2O5S/c1-27-19(25)15-16(20(26)28-2)22(14-11-7-4-8-12-14)18-17(23-29-24-18)21(15,30-22)13-9-5-3-6-10-13/h3-12,15-16H,1-2H3/t15-,16-,21?,22?/m1/s1. The van der Waals surface area contributed by atoms with Crippen molar-refractivity contribution in [2.24, 2.45) is 11.8 Å². The van der Waals surface area contributed by atoms with Crippen LogP contribution in [0.5, 0.6) is 0 Å². The van der Waals surface area contributed by atoms with Crippen LogP contribution in [0.15, 0.2) is 65.3 Å². The second-order valence-electron chi connectivity index (χ2n) is 7.27. The van der Waals surface area contributed by atoms with E-state index < -0.39 is 33.3 Å². The Kier molecular flexibility index (Phi) is 4.21. The molecule has 2 unspecified atom stereocenters. The summed E-state index contributed by atoms with van der Waals surface area (Å²) >= 11 is 1.48. The van der Waals surface area contributed by atoms with E-state index in [0.717, 1.165) is 11.1 Å². The van der Waals surface area contributed by atoms with Crippen LogP contribution in [0.2, 0.25) is 0 Å². The highest BCUT2D eigenvalue weighted by Gasteiger charge is 2.77. The zero-order chi connectivity index (χ0) is 20.9. The van der Waals surface area contributed by atoms with Gasteiger partial charge >= 0.3 is 11.9 Å². The Hall–Kier alpha value is -3.13. The number of rotatable bonds is 4. The van der Waals surface area contributed by atoms with Crippen molar-refractivity contribution in [3.05, 3.63) is 83.2 Å².